The fourth-order valence-corrected chi connectivity index (χ4v) is 4.31. The van der Waals surface area contributed by atoms with Crippen molar-refractivity contribution in [3.05, 3.63) is 12.2 Å². The highest BCUT2D eigenvalue weighted by atomic mass is 32.2. The third-order valence-electron chi connectivity index (χ3n) is 4.67. The maximum absolute atomic E-state index is 12.4. The molecule has 1 aliphatic heterocycles. The fraction of sp³-hybridized carbons (Fsp3) is 0.800. The molecule has 0 aromatic carbocycles. The van der Waals surface area contributed by atoms with Crippen LogP contribution >= 0.6 is 0 Å². The minimum Gasteiger partial charge on any atom is -0.348 e. The van der Waals surface area contributed by atoms with Gasteiger partial charge in [0.25, 0.3) is 0 Å². The molecule has 0 aromatic heterocycles. The van der Waals surface area contributed by atoms with E-state index in [4.69, 9.17) is 9.47 Å². The van der Waals surface area contributed by atoms with Crippen molar-refractivity contribution in [3.8, 4) is 0 Å². The summed E-state index contributed by atoms with van der Waals surface area (Å²) in [4.78, 5) is 14.0. The van der Waals surface area contributed by atoms with E-state index in [1.807, 2.05) is 0 Å². The SMILES string of the molecule is CS(=O)(=O)CC(=O)N(CC1OCCO1)C[C@@H]1C[C@H]2C=C[C@@H]1C2. The van der Waals surface area contributed by atoms with Crippen LogP contribution < -0.4 is 0 Å². The molecule has 2 aliphatic carbocycles. The molecule has 124 valence electrons. The van der Waals surface area contributed by atoms with Gasteiger partial charge in [0.1, 0.15) is 5.75 Å². The summed E-state index contributed by atoms with van der Waals surface area (Å²) >= 11 is 0. The number of hydrogen-bond donors (Lipinski definition) is 0. The molecule has 6 nitrogen and oxygen atoms in total. The largest absolute Gasteiger partial charge is 0.348 e. The third-order valence-corrected chi connectivity index (χ3v) is 5.44. The Balaban J connectivity index is 1.65. The van der Waals surface area contributed by atoms with Gasteiger partial charge in [-0.3, -0.25) is 4.79 Å². The van der Waals surface area contributed by atoms with Crippen LogP contribution in [0.25, 0.3) is 0 Å². The van der Waals surface area contributed by atoms with Gasteiger partial charge >= 0.3 is 0 Å². The van der Waals surface area contributed by atoms with Crippen LogP contribution in [0.3, 0.4) is 0 Å². The lowest BCUT2D eigenvalue weighted by atomic mass is 9.93. The number of carbonyl (C=O) groups is 1. The summed E-state index contributed by atoms with van der Waals surface area (Å²) < 4.78 is 33.7. The van der Waals surface area contributed by atoms with Crippen molar-refractivity contribution in [2.75, 3.05) is 38.3 Å². The number of hydrogen-bond acceptors (Lipinski definition) is 5. The van der Waals surface area contributed by atoms with Crippen LogP contribution in [-0.4, -0.2) is 63.8 Å². The van der Waals surface area contributed by atoms with E-state index in [-0.39, 0.29) is 5.91 Å². The van der Waals surface area contributed by atoms with Gasteiger partial charge in [0.2, 0.25) is 5.91 Å². The minimum atomic E-state index is -3.33. The molecular formula is C15H23NO5S. The van der Waals surface area contributed by atoms with E-state index in [1.165, 1.54) is 0 Å². The number of allylic oxidation sites excluding steroid dienone is 2. The monoisotopic (exact) mass is 329 g/mol. The number of carbonyl (C=O) groups excluding carboxylic acids is 1. The molecule has 7 heteroatoms. The first kappa shape index (κ1) is 16.0. The zero-order chi connectivity index (χ0) is 15.7. The molecule has 2 bridgehead atoms. The number of fused-ring (bicyclic) bond motifs is 2. The molecule has 1 saturated heterocycles. The maximum Gasteiger partial charge on any atom is 0.237 e. The number of rotatable bonds is 6. The lowest BCUT2D eigenvalue weighted by molar-refractivity contribution is -0.135. The zero-order valence-corrected chi connectivity index (χ0v) is 13.6. The van der Waals surface area contributed by atoms with E-state index in [9.17, 15) is 13.2 Å². The summed E-state index contributed by atoms with van der Waals surface area (Å²) in [6.45, 7) is 1.94. The van der Waals surface area contributed by atoms with Gasteiger partial charge in [-0.2, -0.15) is 0 Å². The molecule has 0 aromatic rings. The van der Waals surface area contributed by atoms with Gasteiger partial charge in [-0.25, -0.2) is 8.42 Å². The van der Waals surface area contributed by atoms with E-state index in [1.54, 1.807) is 4.90 Å². The van der Waals surface area contributed by atoms with Crippen molar-refractivity contribution >= 4 is 15.7 Å². The van der Waals surface area contributed by atoms with Crippen molar-refractivity contribution in [2.24, 2.45) is 17.8 Å². The Kier molecular flexibility index (Phi) is 4.56. The van der Waals surface area contributed by atoms with Gasteiger partial charge in [0, 0.05) is 12.8 Å². The second kappa shape index (κ2) is 6.29. The Morgan fingerprint density at radius 2 is 1.91 bits per heavy atom. The van der Waals surface area contributed by atoms with Crippen LogP contribution in [0.1, 0.15) is 12.8 Å². The topological polar surface area (TPSA) is 72.9 Å². The highest BCUT2D eigenvalue weighted by molar-refractivity contribution is 7.91. The Bertz CT molecular complexity index is 552. The molecule has 3 aliphatic rings. The predicted molar refractivity (Wildman–Crippen MR) is 80.8 cm³/mol. The van der Waals surface area contributed by atoms with Gasteiger partial charge in [-0.05, 0) is 30.6 Å². The average molecular weight is 329 g/mol. The highest BCUT2D eigenvalue weighted by Gasteiger charge is 2.38. The van der Waals surface area contributed by atoms with E-state index in [0.29, 0.717) is 44.1 Å². The quantitative estimate of drug-likeness (QED) is 0.661. The number of nitrogens with zero attached hydrogens (tertiary/aromatic N) is 1. The third kappa shape index (κ3) is 3.88. The molecule has 1 heterocycles. The number of ether oxygens (including phenoxy) is 2. The Morgan fingerprint density at radius 3 is 2.45 bits per heavy atom. The fourth-order valence-electron chi connectivity index (χ4n) is 3.67. The lowest BCUT2D eigenvalue weighted by Crippen LogP contribution is -2.44. The molecule has 1 saturated carbocycles. The molecule has 22 heavy (non-hydrogen) atoms. The number of amides is 1. The molecule has 0 spiro atoms. The van der Waals surface area contributed by atoms with Gasteiger partial charge in [0.15, 0.2) is 16.1 Å². The van der Waals surface area contributed by atoms with E-state index < -0.39 is 21.9 Å². The Morgan fingerprint density at radius 1 is 1.18 bits per heavy atom. The Hall–Kier alpha value is -0.920. The molecule has 0 unspecified atom stereocenters. The first-order valence-corrected chi connectivity index (χ1v) is 9.84. The first-order chi connectivity index (χ1) is 10.4. The van der Waals surface area contributed by atoms with Crippen molar-refractivity contribution in [2.45, 2.75) is 19.1 Å². The summed E-state index contributed by atoms with van der Waals surface area (Å²) in [7, 11) is -3.33. The average Bonchev–Trinajstić information content (AvgIpc) is 3.12. The molecule has 3 rings (SSSR count). The van der Waals surface area contributed by atoms with Crippen molar-refractivity contribution in [1.82, 2.24) is 4.90 Å². The van der Waals surface area contributed by atoms with E-state index in [2.05, 4.69) is 12.2 Å². The molecule has 0 radical (unpaired) electrons. The van der Waals surface area contributed by atoms with Gasteiger partial charge in [-0.1, -0.05) is 12.2 Å². The molecule has 3 atom stereocenters. The standard InChI is InChI=1S/C15H23NO5S/c1-22(18,19)10-14(17)16(9-15-20-4-5-21-15)8-13-7-11-2-3-12(13)6-11/h2-3,11-13,15H,4-10H2,1H3/t11-,12+,13-/m0/s1. The minimum absolute atomic E-state index is 0.311. The molecule has 2 fully saturated rings. The first-order valence-electron chi connectivity index (χ1n) is 7.78. The van der Waals surface area contributed by atoms with Crippen LogP contribution in [0.4, 0.5) is 0 Å². The lowest BCUT2D eigenvalue weighted by Gasteiger charge is -2.30. The smallest absolute Gasteiger partial charge is 0.237 e. The summed E-state index contributed by atoms with van der Waals surface area (Å²) in [6, 6.07) is 0. The summed E-state index contributed by atoms with van der Waals surface area (Å²) in [5.74, 6) is 0.758. The van der Waals surface area contributed by atoms with Gasteiger partial charge < -0.3 is 14.4 Å². The summed E-state index contributed by atoms with van der Waals surface area (Å²) in [5, 5.41) is 0. The maximum atomic E-state index is 12.4. The van der Waals surface area contributed by atoms with E-state index in [0.717, 1.165) is 19.1 Å². The van der Waals surface area contributed by atoms with Crippen LogP contribution in [0.5, 0.6) is 0 Å². The van der Waals surface area contributed by atoms with E-state index >= 15 is 0 Å². The Labute approximate surface area is 131 Å². The van der Waals surface area contributed by atoms with Crippen molar-refractivity contribution < 1.29 is 22.7 Å². The molecular weight excluding hydrogens is 306 g/mol. The number of sulfone groups is 1. The highest BCUT2D eigenvalue weighted by Crippen LogP contribution is 2.43. The second-order valence-electron chi connectivity index (χ2n) is 6.58. The summed E-state index contributed by atoms with van der Waals surface area (Å²) in [6.07, 6.45) is 7.39. The van der Waals surface area contributed by atoms with Crippen molar-refractivity contribution in [1.29, 1.82) is 0 Å². The molecule has 1 amide bonds. The van der Waals surface area contributed by atoms with Crippen LogP contribution in [0.15, 0.2) is 12.2 Å². The van der Waals surface area contributed by atoms with Crippen LogP contribution in [0.2, 0.25) is 0 Å². The molecule has 0 N–H and O–H groups in total. The normalized spacial score (nSPS) is 31.0. The second-order valence-corrected chi connectivity index (χ2v) is 8.72. The van der Waals surface area contributed by atoms with Crippen molar-refractivity contribution in [3.63, 3.8) is 0 Å². The van der Waals surface area contributed by atoms with Gasteiger partial charge in [0.05, 0.1) is 19.8 Å². The zero-order valence-electron chi connectivity index (χ0n) is 12.8. The summed E-state index contributed by atoms with van der Waals surface area (Å²) in [5.41, 5.74) is 0. The predicted octanol–water partition coefficient (Wildman–Crippen LogP) is 0.445. The van der Waals surface area contributed by atoms with Crippen LogP contribution in [-0.2, 0) is 24.1 Å². The van der Waals surface area contributed by atoms with Crippen LogP contribution in [0, 0.1) is 17.8 Å². The van der Waals surface area contributed by atoms with Gasteiger partial charge in [-0.15, -0.1) is 0 Å².